The summed E-state index contributed by atoms with van der Waals surface area (Å²) >= 11 is 0. The van der Waals surface area contributed by atoms with Gasteiger partial charge in [0, 0.05) is 32.8 Å². The maximum atomic E-state index is 13.1. The largest absolute Gasteiger partial charge is 0.380 e. The van der Waals surface area contributed by atoms with Crippen LogP contribution in [0.1, 0.15) is 18.5 Å². The van der Waals surface area contributed by atoms with Gasteiger partial charge >= 0.3 is 0 Å². The van der Waals surface area contributed by atoms with E-state index in [4.69, 9.17) is 4.74 Å². The molecule has 0 saturated carbocycles. The minimum atomic E-state index is -3.30. The number of alkyl halides is 2. The van der Waals surface area contributed by atoms with Gasteiger partial charge < -0.3 is 9.64 Å². The van der Waals surface area contributed by atoms with Gasteiger partial charge in [0.25, 0.3) is 6.43 Å². The summed E-state index contributed by atoms with van der Waals surface area (Å²) in [5.41, 5.74) is 1.01. The third kappa shape index (κ3) is 5.00. The highest BCUT2D eigenvalue weighted by Crippen LogP contribution is 2.27. The Labute approximate surface area is 183 Å². The van der Waals surface area contributed by atoms with E-state index in [1.165, 1.54) is 29.2 Å². The van der Waals surface area contributed by atoms with Crippen molar-refractivity contribution >= 4 is 21.5 Å². The van der Waals surface area contributed by atoms with Crippen molar-refractivity contribution in [2.45, 2.75) is 19.0 Å². The SMILES string of the molecule is COC1C[C@H](CNS(C)(=O)=O)CN(c2cc(-c3cnc4ccc(C(F)F)nn34)ncn2)C1. The molecule has 0 amide bonds. The molecule has 3 aromatic heterocycles. The number of aromatic nitrogens is 5. The van der Waals surface area contributed by atoms with Crippen LogP contribution in [0.3, 0.4) is 0 Å². The van der Waals surface area contributed by atoms with Gasteiger partial charge in [-0.2, -0.15) is 5.10 Å². The average Bonchev–Trinajstić information content (AvgIpc) is 3.20. The number of ether oxygens (including phenoxy) is 1. The Hall–Kier alpha value is -2.77. The molecule has 0 bridgehead atoms. The summed E-state index contributed by atoms with van der Waals surface area (Å²) in [6.07, 6.45) is 1.95. The number of halogens is 2. The molecule has 1 fully saturated rings. The van der Waals surface area contributed by atoms with Crippen LogP contribution in [0.5, 0.6) is 0 Å². The molecule has 1 unspecified atom stereocenters. The number of sulfonamides is 1. The third-order valence-electron chi connectivity index (χ3n) is 5.31. The average molecular weight is 468 g/mol. The summed E-state index contributed by atoms with van der Waals surface area (Å²) < 4.78 is 58.6. The molecule has 4 heterocycles. The summed E-state index contributed by atoms with van der Waals surface area (Å²) in [4.78, 5) is 14.9. The Morgan fingerprint density at radius 2 is 2.06 bits per heavy atom. The molecule has 0 radical (unpaired) electrons. The van der Waals surface area contributed by atoms with E-state index in [9.17, 15) is 17.2 Å². The van der Waals surface area contributed by atoms with Crippen LogP contribution in [0.2, 0.25) is 0 Å². The van der Waals surface area contributed by atoms with Crippen LogP contribution in [-0.4, -0.2) is 72.1 Å². The van der Waals surface area contributed by atoms with Crippen molar-refractivity contribution in [2.75, 3.05) is 37.9 Å². The van der Waals surface area contributed by atoms with Gasteiger partial charge in [0.2, 0.25) is 10.0 Å². The van der Waals surface area contributed by atoms with E-state index < -0.39 is 16.4 Å². The molecule has 0 spiro atoms. The molecular weight excluding hydrogens is 444 g/mol. The predicted molar refractivity (Wildman–Crippen MR) is 113 cm³/mol. The number of hydrogen-bond acceptors (Lipinski definition) is 8. The second-order valence-corrected chi connectivity index (χ2v) is 9.55. The topological polar surface area (TPSA) is 115 Å². The van der Waals surface area contributed by atoms with Crippen LogP contribution in [0, 0.1) is 5.92 Å². The van der Waals surface area contributed by atoms with Gasteiger partial charge in [-0.3, -0.25) is 0 Å². The van der Waals surface area contributed by atoms with Crippen molar-refractivity contribution in [1.29, 1.82) is 0 Å². The summed E-state index contributed by atoms with van der Waals surface area (Å²) in [6, 6.07) is 4.46. The fourth-order valence-corrected chi connectivity index (χ4v) is 4.30. The molecule has 1 aliphatic rings. The van der Waals surface area contributed by atoms with Crippen LogP contribution in [0.15, 0.2) is 30.7 Å². The van der Waals surface area contributed by atoms with Crippen molar-refractivity contribution in [3.63, 3.8) is 0 Å². The maximum absolute atomic E-state index is 13.1. The Balaban J connectivity index is 1.62. The number of nitrogens with zero attached hydrogens (tertiary/aromatic N) is 6. The Kier molecular flexibility index (Phi) is 6.31. The molecule has 0 aromatic carbocycles. The van der Waals surface area contributed by atoms with Gasteiger partial charge in [-0.15, -0.1) is 0 Å². The highest BCUT2D eigenvalue weighted by molar-refractivity contribution is 7.88. The lowest BCUT2D eigenvalue weighted by atomic mass is 9.96. The summed E-state index contributed by atoms with van der Waals surface area (Å²) in [5.74, 6) is 0.633. The highest BCUT2D eigenvalue weighted by atomic mass is 32.2. The van der Waals surface area contributed by atoms with E-state index in [1.807, 2.05) is 4.90 Å². The first-order chi connectivity index (χ1) is 15.2. The summed E-state index contributed by atoms with van der Waals surface area (Å²) in [7, 11) is -1.69. The molecule has 13 heteroatoms. The molecule has 2 atom stereocenters. The van der Waals surface area contributed by atoms with Gasteiger partial charge in [0.15, 0.2) is 5.65 Å². The van der Waals surface area contributed by atoms with E-state index in [0.717, 1.165) is 6.26 Å². The quantitative estimate of drug-likeness (QED) is 0.556. The maximum Gasteiger partial charge on any atom is 0.282 e. The van der Waals surface area contributed by atoms with Crippen molar-refractivity contribution in [2.24, 2.45) is 5.92 Å². The highest BCUT2D eigenvalue weighted by Gasteiger charge is 2.29. The molecule has 4 rings (SSSR count). The predicted octanol–water partition coefficient (Wildman–Crippen LogP) is 1.51. The van der Waals surface area contributed by atoms with E-state index in [2.05, 4.69) is 24.8 Å². The monoisotopic (exact) mass is 467 g/mol. The van der Waals surface area contributed by atoms with Crippen LogP contribution in [0.4, 0.5) is 14.6 Å². The zero-order chi connectivity index (χ0) is 22.9. The lowest BCUT2D eigenvalue weighted by Crippen LogP contribution is -2.47. The molecule has 1 saturated heterocycles. The number of anilines is 1. The van der Waals surface area contributed by atoms with E-state index in [-0.39, 0.29) is 17.7 Å². The zero-order valence-corrected chi connectivity index (χ0v) is 18.3. The van der Waals surface area contributed by atoms with E-state index in [0.29, 0.717) is 48.9 Å². The third-order valence-corrected chi connectivity index (χ3v) is 6.00. The Morgan fingerprint density at radius 1 is 1.25 bits per heavy atom. The summed E-state index contributed by atoms with van der Waals surface area (Å²) in [5, 5.41) is 3.98. The summed E-state index contributed by atoms with van der Waals surface area (Å²) in [6.45, 7) is 1.43. The van der Waals surface area contributed by atoms with Gasteiger partial charge in [0.1, 0.15) is 23.5 Å². The molecule has 32 heavy (non-hydrogen) atoms. The van der Waals surface area contributed by atoms with Crippen LogP contribution in [0.25, 0.3) is 17.0 Å². The molecule has 172 valence electrons. The van der Waals surface area contributed by atoms with Crippen molar-refractivity contribution in [1.82, 2.24) is 29.3 Å². The fourth-order valence-electron chi connectivity index (χ4n) is 3.77. The molecule has 0 aliphatic carbocycles. The Morgan fingerprint density at radius 3 is 2.78 bits per heavy atom. The second kappa shape index (κ2) is 9.00. The van der Waals surface area contributed by atoms with Crippen molar-refractivity contribution < 1.29 is 21.9 Å². The molecular formula is C19H23F2N7O3S. The standard InChI is InChI=1S/C19H23F2N7O3S/c1-31-13-5-12(7-25-32(2,29)30)9-27(10-13)18-6-15(23-11-24-18)16-8-22-17-4-3-14(19(20)21)26-28(16)17/h3-4,6,8,11-13,19,25H,5,7,9-10H2,1-2H3/t12-,13?/m1/s1. The normalized spacial score (nSPS) is 19.7. The number of piperidine rings is 1. The minimum Gasteiger partial charge on any atom is -0.380 e. The molecule has 1 N–H and O–H groups in total. The first-order valence-corrected chi connectivity index (χ1v) is 11.8. The number of fused-ring (bicyclic) bond motifs is 1. The van der Waals surface area contributed by atoms with Crippen LogP contribution in [-0.2, 0) is 14.8 Å². The van der Waals surface area contributed by atoms with Crippen LogP contribution < -0.4 is 9.62 Å². The molecule has 1 aliphatic heterocycles. The second-order valence-electron chi connectivity index (χ2n) is 7.72. The van der Waals surface area contributed by atoms with Gasteiger partial charge in [0.05, 0.1) is 24.3 Å². The molecule has 3 aromatic rings. The van der Waals surface area contributed by atoms with Gasteiger partial charge in [-0.1, -0.05) is 0 Å². The van der Waals surface area contributed by atoms with E-state index in [1.54, 1.807) is 13.2 Å². The number of hydrogen-bond donors (Lipinski definition) is 1. The number of nitrogens with one attached hydrogen (secondary N) is 1. The van der Waals surface area contributed by atoms with E-state index >= 15 is 0 Å². The van der Waals surface area contributed by atoms with Gasteiger partial charge in [-0.05, 0) is 24.5 Å². The fraction of sp³-hybridized carbons (Fsp3) is 0.474. The number of imidazole rings is 1. The first kappa shape index (κ1) is 22.4. The lowest BCUT2D eigenvalue weighted by Gasteiger charge is -2.37. The van der Waals surface area contributed by atoms with Gasteiger partial charge in [-0.25, -0.2) is 41.4 Å². The molecule has 10 nitrogen and oxygen atoms in total. The smallest absolute Gasteiger partial charge is 0.282 e. The van der Waals surface area contributed by atoms with Crippen molar-refractivity contribution in [3.05, 3.63) is 36.4 Å². The lowest BCUT2D eigenvalue weighted by molar-refractivity contribution is 0.0720. The first-order valence-electron chi connectivity index (χ1n) is 9.91. The Bertz CT molecular complexity index is 1200. The van der Waals surface area contributed by atoms with Crippen LogP contribution >= 0.6 is 0 Å². The zero-order valence-electron chi connectivity index (χ0n) is 17.5. The minimum absolute atomic E-state index is 0.0212. The number of methoxy groups -OCH3 is 1. The van der Waals surface area contributed by atoms with Crippen molar-refractivity contribution in [3.8, 4) is 11.4 Å². The number of rotatable bonds is 7.